The van der Waals surface area contributed by atoms with Crippen LogP contribution in [0, 0.1) is 0 Å². The van der Waals surface area contributed by atoms with E-state index in [2.05, 4.69) is 50.7 Å². The highest BCUT2D eigenvalue weighted by molar-refractivity contribution is 9.10. The highest BCUT2D eigenvalue weighted by atomic mass is 79.9. The van der Waals surface area contributed by atoms with Crippen molar-refractivity contribution in [3.05, 3.63) is 52.5 Å². The maximum Gasteiger partial charge on any atom is 0.142 e. The SMILES string of the molecule is CC(Nc1cccc(NN)n1)c1cccc(Br)c1. The van der Waals surface area contributed by atoms with Crippen molar-refractivity contribution in [2.75, 3.05) is 10.7 Å². The summed E-state index contributed by atoms with van der Waals surface area (Å²) >= 11 is 3.47. The largest absolute Gasteiger partial charge is 0.363 e. The van der Waals surface area contributed by atoms with Crippen LogP contribution in [-0.2, 0) is 0 Å². The molecule has 1 unspecified atom stereocenters. The van der Waals surface area contributed by atoms with Gasteiger partial charge in [0.05, 0.1) is 0 Å². The molecule has 18 heavy (non-hydrogen) atoms. The van der Waals surface area contributed by atoms with Crippen LogP contribution in [0.15, 0.2) is 46.9 Å². The second kappa shape index (κ2) is 5.84. The average molecular weight is 307 g/mol. The Morgan fingerprint density at radius 1 is 1.17 bits per heavy atom. The van der Waals surface area contributed by atoms with Gasteiger partial charge in [0, 0.05) is 10.5 Å². The molecule has 0 aliphatic rings. The summed E-state index contributed by atoms with van der Waals surface area (Å²) in [5, 5.41) is 3.33. The lowest BCUT2D eigenvalue weighted by Crippen LogP contribution is -2.11. The highest BCUT2D eigenvalue weighted by Crippen LogP contribution is 2.21. The third kappa shape index (κ3) is 3.21. The molecule has 0 radical (unpaired) electrons. The molecule has 0 saturated heterocycles. The Morgan fingerprint density at radius 3 is 2.61 bits per heavy atom. The summed E-state index contributed by atoms with van der Waals surface area (Å²) < 4.78 is 1.07. The number of nitrogen functional groups attached to an aromatic ring is 1. The first-order valence-electron chi connectivity index (χ1n) is 5.64. The number of nitrogens with two attached hydrogens (primary N) is 1. The van der Waals surface area contributed by atoms with E-state index in [4.69, 9.17) is 5.84 Å². The highest BCUT2D eigenvalue weighted by Gasteiger charge is 2.06. The molecule has 4 N–H and O–H groups in total. The van der Waals surface area contributed by atoms with Crippen LogP contribution in [0.4, 0.5) is 11.6 Å². The summed E-state index contributed by atoms with van der Waals surface area (Å²) in [6.45, 7) is 2.09. The van der Waals surface area contributed by atoms with E-state index < -0.39 is 0 Å². The van der Waals surface area contributed by atoms with E-state index in [1.165, 1.54) is 5.56 Å². The minimum Gasteiger partial charge on any atom is -0.363 e. The van der Waals surface area contributed by atoms with Crippen LogP contribution >= 0.6 is 15.9 Å². The number of hydrogen-bond donors (Lipinski definition) is 3. The predicted octanol–water partition coefficient (Wildman–Crippen LogP) is 3.30. The number of halogens is 1. The molecule has 0 amide bonds. The van der Waals surface area contributed by atoms with E-state index in [0.717, 1.165) is 10.3 Å². The molecule has 4 nitrogen and oxygen atoms in total. The van der Waals surface area contributed by atoms with Gasteiger partial charge in [-0.1, -0.05) is 34.1 Å². The minimum absolute atomic E-state index is 0.169. The van der Waals surface area contributed by atoms with Gasteiger partial charge in [-0.2, -0.15) is 0 Å². The number of rotatable bonds is 4. The van der Waals surface area contributed by atoms with Crippen molar-refractivity contribution in [1.29, 1.82) is 0 Å². The second-order valence-electron chi connectivity index (χ2n) is 3.97. The fraction of sp³-hybridized carbons (Fsp3) is 0.154. The summed E-state index contributed by atoms with van der Waals surface area (Å²) in [4.78, 5) is 4.32. The molecule has 0 saturated carbocycles. The molecule has 0 fully saturated rings. The van der Waals surface area contributed by atoms with Gasteiger partial charge in [-0.05, 0) is 36.8 Å². The van der Waals surface area contributed by atoms with Crippen LogP contribution in [0.25, 0.3) is 0 Å². The molecule has 0 spiro atoms. The van der Waals surface area contributed by atoms with Crippen LogP contribution in [0.1, 0.15) is 18.5 Å². The van der Waals surface area contributed by atoms with Crippen molar-refractivity contribution in [2.24, 2.45) is 5.84 Å². The minimum atomic E-state index is 0.169. The first kappa shape index (κ1) is 12.9. The van der Waals surface area contributed by atoms with Crippen LogP contribution in [0.2, 0.25) is 0 Å². The van der Waals surface area contributed by atoms with E-state index in [1.54, 1.807) is 0 Å². The zero-order valence-electron chi connectivity index (χ0n) is 10.0. The standard InChI is InChI=1S/C13H15BrN4/c1-9(10-4-2-5-11(14)8-10)16-12-6-3-7-13(17-12)18-15/h2-9H,15H2,1H3,(H2,16,17,18). The van der Waals surface area contributed by atoms with Gasteiger partial charge in [0.2, 0.25) is 0 Å². The molecule has 0 bridgehead atoms. The number of nitrogens with zero attached hydrogens (tertiary/aromatic N) is 1. The van der Waals surface area contributed by atoms with Crippen molar-refractivity contribution in [3.63, 3.8) is 0 Å². The van der Waals surface area contributed by atoms with E-state index >= 15 is 0 Å². The van der Waals surface area contributed by atoms with E-state index in [9.17, 15) is 0 Å². The summed E-state index contributed by atoms with van der Waals surface area (Å²) in [7, 11) is 0. The number of nitrogens with one attached hydrogen (secondary N) is 2. The average Bonchev–Trinajstić information content (AvgIpc) is 2.39. The monoisotopic (exact) mass is 306 g/mol. The Kier molecular flexibility index (Phi) is 4.17. The van der Waals surface area contributed by atoms with Gasteiger partial charge in [0.1, 0.15) is 11.6 Å². The van der Waals surface area contributed by atoms with Crippen LogP contribution < -0.4 is 16.6 Å². The molecule has 1 heterocycles. The van der Waals surface area contributed by atoms with Crippen molar-refractivity contribution in [3.8, 4) is 0 Å². The lowest BCUT2D eigenvalue weighted by Gasteiger charge is -2.15. The zero-order valence-corrected chi connectivity index (χ0v) is 11.6. The first-order valence-corrected chi connectivity index (χ1v) is 6.44. The summed E-state index contributed by atoms with van der Waals surface area (Å²) in [5.41, 5.74) is 3.72. The maximum absolute atomic E-state index is 5.33. The quantitative estimate of drug-likeness (QED) is 0.599. The molecular weight excluding hydrogens is 292 g/mol. The van der Waals surface area contributed by atoms with Crippen LogP contribution in [0.5, 0.6) is 0 Å². The van der Waals surface area contributed by atoms with Gasteiger partial charge in [0.25, 0.3) is 0 Å². The Labute approximate surface area is 115 Å². The van der Waals surface area contributed by atoms with Gasteiger partial charge in [-0.3, -0.25) is 0 Å². The number of pyridine rings is 1. The topological polar surface area (TPSA) is 63.0 Å². The van der Waals surface area contributed by atoms with Crippen molar-refractivity contribution in [1.82, 2.24) is 4.98 Å². The molecule has 5 heteroatoms. The molecule has 2 rings (SSSR count). The fourth-order valence-electron chi connectivity index (χ4n) is 1.68. The van der Waals surface area contributed by atoms with Gasteiger partial charge >= 0.3 is 0 Å². The second-order valence-corrected chi connectivity index (χ2v) is 4.89. The zero-order chi connectivity index (χ0) is 13.0. The molecular formula is C13H15BrN4. The Hall–Kier alpha value is -1.59. The Bertz CT molecular complexity index is 530. The van der Waals surface area contributed by atoms with Crippen LogP contribution in [-0.4, -0.2) is 4.98 Å². The predicted molar refractivity (Wildman–Crippen MR) is 78.2 cm³/mol. The number of aromatic nitrogens is 1. The first-order chi connectivity index (χ1) is 8.69. The lowest BCUT2D eigenvalue weighted by molar-refractivity contribution is 0.874. The third-order valence-corrected chi connectivity index (χ3v) is 3.10. The van der Waals surface area contributed by atoms with Crippen LogP contribution in [0.3, 0.4) is 0 Å². The Morgan fingerprint density at radius 2 is 1.89 bits per heavy atom. The van der Waals surface area contributed by atoms with Gasteiger partial charge in [-0.15, -0.1) is 0 Å². The molecule has 1 atom stereocenters. The molecule has 94 valence electrons. The summed E-state index contributed by atoms with van der Waals surface area (Å²) in [5.74, 6) is 6.76. The summed E-state index contributed by atoms with van der Waals surface area (Å²) in [6, 6.07) is 14.0. The van der Waals surface area contributed by atoms with Crippen molar-refractivity contribution >= 4 is 27.6 Å². The van der Waals surface area contributed by atoms with E-state index in [1.807, 2.05) is 30.3 Å². The number of hydrogen-bond acceptors (Lipinski definition) is 4. The smallest absolute Gasteiger partial charge is 0.142 e. The molecule has 2 aromatic rings. The third-order valence-electron chi connectivity index (χ3n) is 2.61. The molecule has 0 aliphatic heterocycles. The molecule has 1 aromatic heterocycles. The fourth-order valence-corrected chi connectivity index (χ4v) is 2.09. The van der Waals surface area contributed by atoms with E-state index in [-0.39, 0.29) is 6.04 Å². The van der Waals surface area contributed by atoms with E-state index in [0.29, 0.717) is 5.82 Å². The normalized spacial score (nSPS) is 11.9. The number of anilines is 2. The molecule has 0 aliphatic carbocycles. The van der Waals surface area contributed by atoms with Gasteiger partial charge < -0.3 is 10.7 Å². The van der Waals surface area contributed by atoms with Gasteiger partial charge in [-0.25, -0.2) is 10.8 Å². The van der Waals surface area contributed by atoms with Crippen molar-refractivity contribution < 1.29 is 0 Å². The number of benzene rings is 1. The number of hydrazine groups is 1. The Balaban J connectivity index is 2.13. The van der Waals surface area contributed by atoms with Gasteiger partial charge in [0.15, 0.2) is 0 Å². The van der Waals surface area contributed by atoms with Crippen molar-refractivity contribution in [2.45, 2.75) is 13.0 Å². The lowest BCUT2D eigenvalue weighted by atomic mass is 10.1. The molecule has 1 aromatic carbocycles. The summed E-state index contributed by atoms with van der Waals surface area (Å²) in [6.07, 6.45) is 0. The maximum atomic E-state index is 5.33.